The molecule has 0 radical (unpaired) electrons. The molecule has 1 saturated heterocycles. The Labute approximate surface area is 134 Å². The van der Waals surface area contributed by atoms with E-state index in [-0.39, 0.29) is 17.6 Å². The Morgan fingerprint density at radius 1 is 1.43 bits per heavy atom. The number of aryl methyl sites for hydroxylation is 1. The van der Waals surface area contributed by atoms with E-state index in [0.29, 0.717) is 6.61 Å². The maximum absolute atomic E-state index is 12.1. The first-order chi connectivity index (χ1) is 11.1. The van der Waals surface area contributed by atoms with E-state index >= 15 is 0 Å². The number of hydrogen-bond acceptors (Lipinski definition) is 5. The van der Waals surface area contributed by atoms with Crippen LogP contribution in [0.15, 0.2) is 17.2 Å². The van der Waals surface area contributed by atoms with Crippen molar-refractivity contribution in [3.63, 3.8) is 0 Å². The van der Waals surface area contributed by atoms with Crippen molar-refractivity contribution in [2.75, 3.05) is 13.1 Å². The number of aromatic amines is 1. The number of aromatic nitrogens is 4. The number of ether oxygens (including phenoxy) is 1. The molecule has 2 aromatic heterocycles. The molecule has 0 unspecified atom stereocenters. The monoisotopic (exact) mass is 315 g/mol. The average molecular weight is 315 g/mol. The van der Waals surface area contributed by atoms with E-state index < -0.39 is 0 Å². The highest BCUT2D eigenvalue weighted by Crippen LogP contribution is 2.30. The lowest BCUT2D eigenvalue weighted by molar-refractivity contribution is -0.0671. The van der Waals surface area contributed by atoms with Crippen molar-refractivity contribution < 1.29 is 4.74 Å². The predicted molar refractivity (Wildman–Crippen MR) is 84.1 cm³/mol. The first-order valence-electron chi connectivity index (χ1n) is 8.04. The largest absolute Gasteiger partial charge is 0.370 e. The number of likely N-dealkylation sites (tertiary alicyclic amines) is 1. The average Bonchev–Trinajstić information content (AvgIpc) is 3.04. The lowest BCUT2D eigenvalue weighted by Gasteiger charge is -2.41. The van der Waals surface area contributed by atoms with Crippen LogP contribution >= 0.6 is 0 Å². The lowest BCUT2D eigenvalue weighted by Crippen LogP contribution is -2.47. The number of rotatable bonds is 2. The summed E-state index contributed by atoms with van der Waals surface area (Å²) in [4.78, 5) is 17.7. The Bertz CT molecular complexity index is 781. The van der Waals surface area contributed by atoms with Gasteiger partial charge in [-0.15, -0.1) is 5.10 Å². The summed E-state index contributed by atoms with van der Waals surface area (Å²) in [6.07, 6.45) is 4.76. The van der Waals surface area contributed by atoms with Crippen molar-refractivity contribution in [1.82, 2.24) is 24.9 Å². The van der Waals surface area contributed by atoms with Gasteiger partial charge in [-0.05, 0) is 20.3 Å². The maximum Gasteiger partial charge on any atom is 0.187 e. The van der Waals surface area contributed by atoms with Crippen LogP contribution in [0.25, 0.3) is 0 Å². The summed E-state index contributed by atoms with van der Waals surface area (Å²) in [5.74, 6) is 0. The highest BCUT2D eigenvalue weighted by atomic mass is 16.5. The number of fused-ring (bicyclic) bond motifs is 3. The van der Waals surface area contributed by atoms with Crippen LogP contribution in [0.2, 0.25) is 0 Å². The molecule has 0 aromatic carbocycles. The lowest BCUT2D eigenvalue weighted by atomic mass is 10.00. The van der Waals surface area contributed by atoms with E-state index in [0.717, 1.165) is 48.6 Å². The van der Waals surface area contributed by atoms with E-state index in [9.17, 15) is 4.79 Å². The molecule has 7 nitrogen and oxygen atoms in total. The molecule has 4 rings (SSSR count). The molecule has 1 fully saturated rings. The van der Waals surface area contributed by atoms with Crippen molar-refractivity contribution in [2.24, 2.45) is 0 Å². The first kappa shape index (κ1) is 14.6. The van der Waals surface area contributed by atoms with Crippen LogP contribution in [0.5, 0.6) is 0 Å². The normalized spacial score (nSPS) is 24.3. The molecule has 0 spiro atoms. The standard InChI is InChI=1S/C16H21N5O2/c1-10-5-17-13(11(2)16(10)22)7-20-4-3-15-14(8-20)21-12(9-23-15)6-18-19-21/h5-6,14-15H,3-4,7-9H2,1-2H3,(H,17,22)/t14-,15-/m0/s1. The zero-order valence-corrected chi connectivity index (χ0v) is 13.5. The van der Waals surface area contributed by atoms with Crippen molar-refractivity contribution in [3.8, 4) is 0 Å². The number of nitrogens with zero attached hydrogens (tertiary/aromatic N) is 4. The molecular formula is C16H21N5O2. The van der Waals surface area contributed by atoms with Gasteiger partial charge in [0.05, 0.1) is 30.6 Å². The van der Waals surface area contributed by atoms with Gasteiger partial charge in [-0.25, -0.2) is 4.68 Å². The summed E-state index contributed by atoms with van der Waals surface area (Å²) >= 11 is 0. The van der Waals surface area contributed by atoms with Crippen LogP contribution in [-0.2, 0) is 17.9 Å². The molecule has 0 bridgehead atoms. The molecule has 1 N–H and O–H groups in total. The second-order valence-electron chi connectivity index (χ2n) is 6.51. The summed E-state index contributed by atoms with van der Waals surface area (Å²) < 4.78 is 7.94. The summed E-state index contributed by atoms with van der Waals surface area (Å²) in [6, 6.07) is 0.201. The topological polar surface area (TPSA) is 76.0 Å². The van der Waals surface area contributed by atoms with Gasteiger partial charge >= 0.3 is 0 Å². The Morgan fingerprint density at radius 2 is 2.30 bits per heavy atom. The Hall–Kier alpha value is -1.99. The van der Waals surface area contributed by atoms with Crippen LogP contribution in [0.1, 0.15) is 35.0 Å². The number of hydrogen-bond donors (Lipinski definition) is 1. The number of piperidine rings is 1. The molecule has 2 atom stereocenters. The van der Waals surface area contributed by atoms with Crippen LogP contribution < -0.4 is 5.43 Å². The van der Waals surface area contributed by atoms with Gasteiger partial charge in [0.15, 0.2) is 5.43 Å². The molecule has 0 amide bonds. The van der Waals surface area contributed by atoms with Crippen LogP contribution in [0, 0.1) is 13.8 Å². The highest BCUT2D eigenvalue weighted by Gasteiger charge is 2.36. The minimum atomic E-state index is 0.133. The fourth-order valence-corrected chi connectivity index (χ4v) is 3.58. The minimum Gasteiger partial charge on any atom is -0.370 e. The zero-order chi connectivity index (χ0) is 16.0. The molecule has 2 aliphatic heterocycles. The second kappa shape index (κ2) is 5.58. The third-order valence-corrected chi connectivity index (χ3v) is 5.01. The van der Waals surface area contributed by atoms with E-state index in [4.69, 9.17) is 4.74 Å². The second-order valence-corrected chi connectivity index (χ2v) is 6.51. The fourth-order valence-electron chi connectivity index (χ4n) is 3.58. The maximum atomic E-state index is 12.1. The van der Waals surface area contributed by atoms with Crippen molar-refractivity contribution in [3.05, 3.63) is 45.1 Å². The van der Waals surface area contributed by atoms with Crippen LogP contribution in [0.3, 0.4) is 0 Å². The fraction of sp³-hybridized carbons (Fsp3) is 0.562. The number of pyridine rings is 1. The molecule has 23 heavy (non-hydrogen) atoms. The molecular weight excluding hydrogens is 294 g/mol. The van der Waals surface area contributed by atoms with Gasteiger partial charge in [0.2, 0.25) is 0 Å². The van der Waals surface area contributed by atoms with E-state index in [1.54, 1.807) is 12.4 Å². The van der Waals surface area contributed by atoms with Gasteiger partial charge in [-0.3, -0.25) is 9.69 Å². The summed E-state index contributed by atoms with van der Waals surface area (Å²) in [5, 5.41) is 8.23. The number of nitrogens with one attached hydrogen (secondary N) is 1. The molecule has 0 aliphatic carbocycles. The Balaban J connectivity index is 1.55. The molecule has 2 aromatic rings. The van der Waals surface area contributed by atoms with E-state index in [2.05, 4.69) is 20.2 Å². The molecule has 7 heteroatoms. The van der Waals surface area contributed by atoms with E-state index in [1.807, 2.05) is 18.5 Å². The van der Waals surface area contributed by atoms with Crippen molar-refractivity contribution >= 4 is 0 Å². The quantitative estimate of drug-likeness (QED) is 0.892. The van der Waals surface area contributed by atoms with Crippen molar-refractivity contribution in [1.29, 1.82) is 0 Å². The Kier molecular flexibility index (Phi) is 3.54. The van der Waals surface area contributed by atoms with Crippen molar-refractivity contribution in [2.45, 2.75) is 45.6 Å². The summed E-state index contributed by atoms with van der Waals surface area (Å²) in [7, 11) is 0. The van der Waals surface area contributed by atoms with Crippen LogP contribution in [0.4, 0.5) is 0 Å². The molecule has 0 saturated carbocycles. The van der Waals surface area contributed by atoms with Crippen LogP contribution in [-0.4, -0.2) is 44.1 Å². The predicted octanol–water partition coefficient (Wildman–Crippen LogP) is 0.929. The smallest absolute Gasteiger partial charge is 0.187 e. The van der Waals surface area contributed by atoms with E-state index in [1.165, 1.54) is 0 Å². The van der Waals surface area contributed by atoms with Gasteiger partial charge in [0.1, 0.15) is 0 Å². The molecule has 2 aliphatic rings. The van der Waals surface area contributed by atoms with Gasteiger partial charge in [0, 0.05) is 42.7 Å². The SMILES string of the molecule is Cc1c[nH]c(CN2CC[C@@H]3OCc4cnnn4[C@H]3C2)c(C)c1=O. The summed E-state index contributed by atoms with van der Waals surface area (Å²) in [5.41, 5.74) is 3.74. The highest BCUT2D eigenvalue weighted by molar-refractivity contribution is 5.23. The van der Waals surface area contributed by atoms with Gasteiger partial charge < -0.3 is 9.72 Å². The minimum absolute atomic E-state index is 0.133. The third kappa shape index (κ3) is 2.49. The first-order valence-corrected chi connectivity index (χ1v) is 8.04. The molecule has 4 heterocycles. The van der Waals surface area contributed by atoms with Gasteiger partial charge in [0.25, 0.3) is 0 Å². The van der Waals surface area contributed by atoms with Gasteiger partial charge in [-0.2, -0.15) is 0 Å². The van der Waals surface area contributed by atoms with Gasteiger partial charge in [-0.1, -0.05) is 5.21 Å². The number of H-pyrrole nitrogens is 1. The third-order valence-electron chi connectivity index (χ3n) is 5.01. The Morgan fingerprint density at radius 3 is 3.17 bits per heavy atom. The summed E-state index contributed by atoms with van der Waals surface area (Å²) in [6.45, 7) is 6.89. The zero-order valence-electron chi connectivity index (χ0n) is 13.5. The molecule has 122 valence electrons.